The molecule has 0 aromatic heterocycles. The minimum absolute atomic E-state index is 0.0309. The van der Waals surface area contributed by atoms with Crippen molar-refractivity contribution in [3.05, 3.63) is 78.4 Å². The Morgan fingerprint density at radius 2 is 1.54 bits per heavy atom. The van der Waals surface area contributed by atoms with Crippen LogP contribution in [0.25, 0.3) is 10.8 Å². The van der Waals surface area contributed by atoms with Gasteiger partial charge in [0.1, 0.15) is 5.25 Å². The average molecular weight is 336 g/mol. The molecule has 0 aliphatic heterocycles. The zero-order valence-electron chi connectivity index (χ0n) is 12.9. The van der Waals surface area contributed by atoms with Crippen LogP contribution < -0.4 is 0 Å². The fourth-order valence-corrected chi connectivity index (χ4v) is 3.50. The zero-order valence-corrected chi connectivity index (χ0v) is 13.7. The number of hydrogen-bond donors (Lipinski definition) is 1. The topological polar surface area (TPSA) is 54.4 Å². The summed E-state index contributed by atoms with van der Waals surface area (Å²) < 4.78 is 0. The van der Waals surface area contributed by atoms with Gasteiger partial charge in [0.2, 0.25) is 0 Å². The standard InChI is InChI=1S/C20H16O3S/c21-18(15-7-2-1-3-8-15)13-19(20(22)23)24-17-11-10-14-6-4-5-9-16(14)12-17/h1-12,19H,13H2,(H,22,23). The molecule has 0 spiro atoms. The highest BCUT2D eigenvalue weighted by Gasteiger charge is 2.23. The molecule has 4 heteroatoms. The molecule has 0 saturated heterocycles. The number of carbonyl (C=O) groups excluding carboxylic acids is 1. The van der Waals surface area contributed by atoms with E-state index in [1.807, 2.05) is 48.5 Å². The molecule has 0 aliphatic rings. The lowest BCUT2D eigenvalue weighted by molar-refractivity contribution is -0.136. The van der Waals surface area contributed by atoms with Crippen LogP contribution >= 0.6 is 11.8 Å². The number of Topliss-reactive ketones (excluding diaryl/α,β-unsaturated/α-hetero) is 1. The van der Waals surface area contributed by atoms with Gasteiger partial charge >= 0.3 is 5.97 Å². The molecule has 0 fully saturated rings. The maximum Gasteiger partial charge on any atom is 0.317 e. The lowest BCUT2D eigenvalue weighted by Crippen LogP contribution is -2.20. The Bertz CT molecular complexity index is 874. The van der Waals surface area contributed by atoms with Crippen molar-refractivity contribution >= 4 is 34.3 Å². The second-order valence-electron chi connectivity index (χ2n) is 5.45. The zero-order chi connectivity index (χ0) is 16.9. The second kappa shape index (κ2) is 7.32. The first-order valence-corrected chi connectivity index (χ1v) is 8.48. The average Bonchev–Trinajstić information content (AvgIpc) is 2.61. The highest BCUT2D eigenvalue weighted by atomic mass is 32.2. The molecule has 3 nitrogen and oxygen atoms in total. The van der Waals surface area contributed by atoms with Gasteiger partial charge in [0.15, 0.2) is 5.78 Å². The van der Waals surface area contributed by atoms with E-state index in [-0.39, 0.29) is 12.2 Å². The first-order valence-electron chi connectivity index (χ1n) is 7.60. The number of rotatable bonds is 6. The lowest BCUT2D eigenvalue weighted by atomic mass is 10.1. The molecule has 0 bridgehead atoms. The normalized spacial score (nSPS) is 12.0. The van der Waals surface area contributed by atoms with Gasteiger partial charge in [-0.15, -0.1) is 11.8 Å². The number of hydrogen-bond acceptors (Lipinski definition) is 3. The molecular formula is C20H16O3S. The van der Waals surface area contributed by atoms with Gasteiger partial charge in [0.05, 0.1) is 0 Å². The second-order valence-corrected chi connectivity index (χ2v) is 6.72. The molecule has 3 aromatic rings. The van der Waals surface area contributed by atoms with Crippen LogP contribution in [0.4, 0.5) is 0 Å². The van der Waals surface area contributed by atoms with E-state index in [0.29, 0.717) is 5.56 Å². The molecular weight excluding hydrogens is 320 g/mol. The van der Waals surface area contributed by atoms with E-state index in [0.717, 1.165) is 15.7 Å². The first kappa shape index (κ1) is 16.3. The van der Waals surface area contributed by atoms with Gasteiger partial charge < -0.3 is 5.11 Å². The van der Waals surface area contributed by atoms with Crippen LogP contribution in [-0.4, -0.2) is 22.1 Å². The Kier molecular flexibility index (Phi) is 4.96. The van der Waals surface area contributed by atoms with Crippen molar-refractivity contribution < 1.29 is 14.7 Å². The Hall–Kier alpha value is -2.59. The van der Waals surface area contributed by atoms with Crippen LogP contribution in [0, 0.1) is 0 Å². The van der Waals surface area contributed by atoms with Crippen molar-refractivity contribution in [2.45, 2.75) is 16.6 Å². The van der Waals surface area contributed by atoms with E-state index in [1.165, 1.54) is 11.8 Å². The third kappa shape index (κ3) is 3.84. The summed E-state index contributed by atoms with van der Waals surface area (Å²) in [5.41, 5.74) is 0.544. The molecule has 0 heterocycles. The van der Waals surface area contributed by atoms with Crippen LogP contribution in [0.3, 0.4) is 0 Å². The van der Waals surface area contributed by atoms with Crippen LogP contribution in [0.2, 0.25) is 0 Å². The molecule has 0 saturated carbocycles. The number of aliphatic carboxylic acids is 1. The maximum atomic E-state index is 12.3. The van der Waals surface area contributed by atoms with E-state index < -0.39 is 11.2 Å². The van der Waals surface area contributed by atoms with Gasteiger partial charge in [-0.05, 0) is 22.9 Å². The summed E-state index contributed by atoms with van der Waals surface area (Å²) in [5, 5.41) is 10.8. The third-order valence-corrected chi connectivity index (χ3v) is 4.92. The fourth-order valence-electron chi connectivity index (χ4n) is 2.49. The van der Waals surface area contributed by atoms with Gasteiger partial charge in [-0.1, -0.05) is 60.7 Å². The Morgan fingerprint density at radius 3 is 2.25 bits per heavy atom. The van der Waals surface area contributed by atoms with Crippen LogP contribution in [0.1, 0.15) is 16.8 Å². The SMILES string of the molecule is O=C(CC(Sc1ccc2ccccc2c1)C(=O)O)c1ccccc1. The number of fused-ring (bicyclic) bond motifs is 1. The summed E-state index contributed by atoms with van der Waals surface area (Å²) in [6.07, 6.45) is -0.0309. The highest BCUT2D eigenvalue weighted by Crippen LogP contribution is 2.29. The fraction of sp³-hybridized carbons (Fsp3) is 0.100. The van der Waals surface area contributed by atoms with Gasteiger partial charge in [0, 0.05) is 16.9 Å². The third-order valence-electron chi connectivity index (χ3n) is 3.74. The van der Waals surface area contributed by atoms with Crippen LogP contribution in [0.5, 0.6) is 0 Å². The highest BCUT2D eigenvalue weighted by molar-refractivity contribution is 8.00. The number of carbonyl (C=O) groups is 2. The van der Waals surface area contributed by atoms with Crippen molar-refractivity contribution in [1.82, 2.24) is 0 Å². The molecule has 0 radical (unpaired) electrons. The Labute approximate surface area is 144 Å². The molecule has 1 N–H and O–H groups in total. The number of benzene rings is 3. The van der Waals surface area contributed by atoms with E-state index in [1.54, 1.807) is 24.3 Å². The van der Waals surface area contributed by atoms with Crippen LogP contribution in [0.15, 0.2) is 77.7 Å². The number of carboxylic acids is 1. The van der Waals surface area contributed by atoms with Gasteiger partial charge in [-0.2, -0.15) is 0 Å². The van der Waals surface area contributed by atoms with Crippen molar-refractivity contribution in [3.63, 3.8) is 0 Å². The summed E-state index contributed by atoms with van der Waals surface area (Å²) in [6.45, 7) is 0. The number of ketones is 1. The van der Waals surface area contributed by atoms with Crippen molar-refractivity contribution in [2.24, 2.45) is 0 Å². The first-order chi connectivity index (χ1) is 11.6. The molecule has 3 aromatic carbocycles. The predicted molar refractivity (Wildman–Crippen MR) is 96.6 cm³/mol. The lowest BCUT2D eigenvalue weighted by Gasteiger charge is -2.12. The summed E-state index contributed by atoms with van der Waals surface area (Å²) in [4.78, 5) is 24.7. The smallest absolute Gasteiger partial charge is 0.317 e. The van der Waals surface area contributed by atoms with Crippen molar-refractivity contribution in [1.29, 1.82) is 0 Å². The van der Waals surface area contributed by atoms with Crippen molar-refractivity contribution in [3.8, 4) is 0 Å². The Balaban J connectivity index is 1.78. The van der Waals surface area contributed by atoms with E-state index >= 15 is 0 Å². The molecule has 3 rings (SSSR count). The number of thioether (sulfide) groups is 1. The monoisotopic (exact) mass is 336 g/mol. The van der Waals surface area contributed by atoms with Gasteiger partial charge in [0.25, 0.3) is 0 Å². The summed E-state index contributed by atoms with van der Waals surface area (Å²) in [5.74, 6) is -1.13. The summed E-state index contributed by atoms with van der Waals surface area (Å²) in [6, 6.07) is 22.5. The largest absolute Gasteiger partial charge is 0.480 e. The predicted octanol–water partition coefficient (Wildman–Crippen LogP) is 4.66. The minimum Gasteiger partial charge on any atom is -0.480 e. The van der Waals surface area contributed by atoms with E-state index in [9.17, 15) is 14.7 Å². The van der Waals surface area contributed by atoms with Gasteiger partial charge in [-0.25, -0.2) is 0 Å². The molecule has 120 valence electrons. The molecule has 0 amide bonds. The summed E-state index contributed by atoms with van der Waals surface area (Å²) >= 11 is 1.21. The quantitative estimate of drug-likeness (QED) is 0.525. The van der Waals surface area contributed by atoms with Crippen molar-refractivity contribution in [2.75, 3.05) is 0 Å². The summed E-state index contributed by atoms with van der Waals surface area (Å²) in [7, 11) is 0. The Morgan fingerprint density at radius 1 is 0.875 bits per heavy atom. The molecule has 0 aliphatic carbocycles. The molecule has 1 unspecified atom stereocenters. The maximum absolute atomic E-state index is 12.3. The van der Waals surface area contributed by atoms with Gasteiger partial charge in [-0.3, -0.25) is 9.59 Å². The van der Waals surface area contributed by atoms with E-state index in [2.05, 4.69) is 0 Å². The minimum atomic E-state index is -0.975. The molecule has 24 heavy (non-hydrogen) atoms. The molecule has 1 atom stereocenters. The van der Waals surface area contributed by atoms with Crippen LogP contribution in [-0.2, 0) is 4.79 Å². The number of carboxylic acid groups (broad SMARTS) is 1. The van der Waals surface area contributed by atoms with E-state index in [4.69, 9.17) is 0 Å².